The Balaban J connectivity index is 2.07. The molecule has 2 rings (SSSR count). The summed E-state index contributed by atoms with van der Waals surface area (Å²) in [6.45, 7) is 8.89. The number of nitrogens with zero attached hydrogens (tertiary/aromatic N) is 2. The van der Waals surface area contributed by atoms with Gasteiger partial charge in [-0.2, -0.15) is 0 Å². The van der Waals surface area contributed by atoms with Crippen LogP contribution in [0.3, 0.4) is 0 Å². The van der Waals surface area contributed by atoms with E-state index in [0.29, 0.717) is 11.9 Å². The number of nitrogens with one attached hydrogen (secondary N) is 1. The molecule has 5 nitrogen and oxygen atoms in total. The van der Waals surface area contributed by atoms with E-state index in [-0.39, 0.29) is 16.5 Å². The zero-order valence-electron chi connectivity index (χ0n) is 11.4. The zero-order valence-corrected chi connectivity index (χ0v) is 11.4. The van der Waals surface area contributed by atoms with Gasteiger partial charge >= 0.3 is 5.97 Å². The first kappa shape index (κ1) is 12.8. The summed E-state index contributed by atoms with van der Waals surface area (Å²) in [6, 6.07) is 3.73. The Kier molecular flexibility index (Phi) is 2.80. The predicted octanol–water partition coefficient (Wildman–Crippen LogP) is 2.11. The van der Waals surface area contributed by atoms with Gasteiger partial charge in [-0.05, 0) is 23.0 Å². The van der Waals surface area contributed by atoms with Crippen LogP contribution in [-0.4, -0.2) is 29.3 Å². The highest BCUT2D eigenvalue weighted by Crippen LogP contribution is 2.63. The summed E-state index contributed by atoms with van der Waals surface area (Å²) in [7, 11) is 1.32. The lowest BCUT2D eigenvalue weighted by atomic mass is 10.0. The number of carbonyl (C=O) groups excluding carboxylic acids is 1. The normalized spacial score (nSPS) is 20.3. The average Bonchev–Trinajstić information content (AvgIpc) is 2.72. The smallest absolute Gasteiger partial charge is 0.358 e. The largest absolute Gasteiger partial charge is 0.464 e. The number of rotatable bonds is 3. The fraction of sp³-hybridized carbons (Fsp3) is 0.615. The maximum absolute atomic E-state index is 11.2. The second kappa shape index (κ2) is 3.93. The zero-order chi connectivity index (χ0) is 13.6. The van der Waals surface area contributed by atoms with Crippen molar-refractivity contribution in [3.8, 4) is 0 Å². The van der Waals surface area contributed by atoms with Crippen LogP contribution in [0, 0.1) is 10.8 Å². The number of carbonyl (C=O) groups is 1. The van der Waals surface area contributed by atoms with Crippen molar-refractivity contribution in [1.82, 2.24) is 10.2 Å². The number of methoxy groups -OCH3 is 1. The number of aromatic nitrogens is 2. The predicted molar refractivity (Wildman–Crippen MR) is 68.3 cm³/mol. The summed E-state index contributed by atoms with van der Waals surface area (Å²) in [5, 5.41) is 11.2. The van der Waals surface area contributed by atoms with Gasteiger partial charge < -0.3 is 10.1 Å². The molecule has 0 spiro atoms. The Labute approximate surface area is 107 Å². The molecule has 1 aliphatic carbocycles. The van der Waals surface area contributed by atoms with E-state index in [0.717, 1.165) is 0 Å². The van der Waals surface area contributed by atoms with E-state index in [1.165, 1.54) is 7.11 Å². The quantitative estimate of drug-likeness (QED) is 0.831. The minimum Gasteiger partial charge on any atom is -0.464 e. The van der Waals surface area contributed by atoms with E-state index >= 15 is 0 Å². The van der Waals surface area contributed by atoms with Gasteiger partial charge in [0.15, 0.2) is 5.69 Å². The van der Waals surface area contributed by atoms with Gasteiger partial charge in [0.25, 0.3) is 0 Å². The molecule has 0 amide bonds. The summed E-state index contributed by atoms with van der Waals surface area (Å²) >= 11 is 0. The van der Waals surface area contributed by atoms with Crippen molar-refractivity contribution in [3.63, 3.8) is 0 Å². The van der Waals surface area contributed by atoms with Gasteiger partial charge in [-0.25, -0.2) is 4.79 Å². The third-order valence-corrected chi connectivity index (χ3v) is 4.37. The molecule has 0 saturated heterocycles. The highest BCUT2D eigenvalue weighted by atomic mass is 16.5. The standard InChI is InChI=1S/C13H19N3O2/c1-12(2)11(13(12,3)4)14-9-7-6-8(15-16-9)10(17)18-5/h6-7,11H,1-5H3,(H,14,16). The number of esters is 1. The second-order valence-electron chi connectivity index (χ2n) is 5.82. The molecular weight excluding hydrogens is 230 g/mol. The van der Waals surface area contributed by atoms with Crippen LogP contribution < -0.4 is 5.32 Å². The van der Waals surface area contributed by atoms with Gasteiger partial charge in [0.05, 0.1) is 7.11 Å². The molecule has 0 aromatic carbocycles. The molecule has 1 N–H and O–H groups in total. The minimum atomic E-state index is -0.471. The highest BCUT2D eigenvalue weighted by Gasteiger charge is 2.65. The number of anilines is 1. The fourth-order valence-corrected chi connectivity index (χ4v) is 2.33. The first-order chi connectivity index (χ1) is 8.30. The number of hydrogen-bond donors (Lipinski definition) is 1. The molecule has 98 valence electrons. The molecule has 0 aliphatic heterocycles. The van der Waals surface area contributed by atoms with Crippen LogP contribution in [0.2, 0.25) is 0 Å². The van der Waals surface area contributed by atoms with Crippen molar-refractivity contribution in [3.05, 3.63) is 17.8 Å². The molecule has 0 unspecified atom stereocenters. The van der Waals surface area contributed by atoms with E-state index < -0.39 is 5.97 Å². The Morgan fingerprint density at radius 2 is 1.83 bits per heavy atom. The van der Waals surface area contributed by atoms with E-state index in [9.17, 15) is 4.79 Å². The summed E-state index contributed by atoms with van der Waals surface area (Å²) in [6.07, 6.45) is 0. The number of ether oxygens (including phenoxy) is 1. The molecule has 0 atom stereocenters. The molecule has 1 heterocycles. The maximum atomic E-state index is 11.2. The van der Waals surface area contributed by atoms with Crippen molar-refractivity contribution >= 4 is 11.8 Å². The van der Waals surface area contributed by atoms with Gasteiger partial charge in [-0.15, -0.1) is 10.2 Å². The Bertz CT molecular complexity index is 452. The molecule has 0 radical (unpaired) electrons. The van der Waals surface area contributed by atoms with Crippen molar-refractivity contribution in [2.24, 2.45) is 10.8 Å². The van der Waals surface area contributed by atoms with E-state index in [2.05, 4.69) is 47.9 Å². The Morgan fingerprint density at radius 1 is 1.22 bits per heavy atom. The van der Waals surface area contributed by atoms with Crippen LogP contribution >= 0.6 is 0 Å². The van der Waals surface area contributed by atoms with Crippen LogP contribution in [0.1, 0.15) is 38.2 Å². The third kappa shape index (κ3) is 1.83. The van der Waals surface area contributed by atoms with E-state index in [1.54, 1.807) is 12.1 Å². The summed E-state index contributed by atoms with van der Waals surface area (Å²) in [5.74, 6) is 0.215. The van der Waals surface area contributed by atoms with Gasteiger partial charge in [0.1, 0.15) is 5.82 Å². The highest BCUT2D eigenvalue weighted by molar-refractivity contribution is 5.86. The van der Waals surface area contributed by atoms with Crippen molar-refractivity contribution in [2.75, 3.05) is 12.4 Å². The lowest BCUT2D eigenvalue weighted by molar-refractivity contribution is 0.0593. The van der Waals surface area contributed by atoms with Crippen LogP contribution in [0.4, 0.5) is 5.82 Å². The Morgan fingerprint density at radius 3 is 2.22 bits per heavy atom. The van der Waals surface area contributed by atoms with Crippen molar-refractivity contribution < 1.29 is 9.53 Å². The van der Waals surface area contributed by atoms with Crippen molar-refractivity contribution in [1.29, 1.82) is 0 Å². The molecule has 5 heteroatoms. The lowest BCUT2D eigenvalue weighted by Gasteiger charge is -2.06. The topological polar surface area (TPSA) is 64.1 Å². The van der Waals surface area contributed by atoms with Crippen LogP contribution in [0.15, 0.2) is 12.1 Å². The Hall–Kier alpha value is -1.65. The molecule has 1 aromatic rings. The monoisotopic (exact) mass is 249 g/mol. The van der Waals surface area contributed by atoms with Gasteiger partial charge in [-0.3, -0.25) is 0 Å². The minimum absolute atomic E-state index is 0.220. The summed E-state index contributed by atoms with van der Waals surface area (Å²) < 4.78 is 4.57. The number of hydrogen-bond acceptors (Lipinski definition) is 5. The van der Waals surface area contributed by atoms with Crippen LogP contribution in [-0.2, 0) is 4.74 Å². The van der Waals surface area contributed by atoms with Gasteiger partial charge in [0.2, 0.25) is 0 Å². The van der Waals surface area contributed by atoms with Crippen molar-refractivity contribution in [2.45, 2.75) is 33.7 Å². The van der Waals surface area contributed by atoms with Gasteiger partial charge in [0, 0.05) is 6.04 Å². The molecule has 1 saturated carbocycles. The average molecular weight is 249 g/mol. The molecular formula is C13H19N3O2. The molecule has 18 heavy (non-hydrogen) atoms. The molecule has 1 aliphatic rings. The van der Waals surface area contributed by atoms with Crippen LogP contribution in [0.25, 0.3) is 0 Å². The second-order valence-corrected chi connectivity index (χ2v) is 5.82. The first-order valence-electron chi connectivity index (χ1n) is 5.99. The fourth-order valence-electron chi connectivity index (χ4n) is 2.33. The van der Waals surface area contributed by atoms with Gasteiger partial charge in [-0.1, -0.05) is 27.7 Å². The third-order valence-electron chi connectivity index (χ3n) is 4.37. The first-order valence-corrected chi connectivity index (χ1v) is 5.99. The molecule has 0 bridgehead atoms. The lowest BCUT2D eigenvalue weighted by Crippen LogP contribution is -2.13. The molecule has 1 aromatic heterocycles. The molecule has 1 fully saturated rings. The van der Waals surface area contributed by atoms with Crippen LogP contribution in [0.5, 0.6) is 0 Å². The maximum Gasteiger partial charge on any atom is 0.358 e. The SMILES string of the molecule is COC(=O)c1ccc(NC2C(C)(C)C2(C)C)nn1. The van der Waals surface area contributed by atoms with E-state index in [4.69, 9.17) is 0 Å². The van der Waals surface area contributed by atoms with E-state index in [1.807, 2.05) is 0 Å². The summed E-state index contributed by atoms with van der Waals surface area (Å²) in [4.78, 5) is 11.2. The summed E-state index contributed by atoms with van der Waals surface area (Å²) in [5.41, 5.74) is 0.683.